The van der Waals surface area contributed by atoms with Crippen LogP contribution in [0.2, 0.25) is 0 Å². The molecule has 0 fully saturated rings. The van der Waals surface area contributed by atoms with Crippen molar-refractivity contribution in [3.05, 3.63) is 63.3 Å². The van der Waals surface area contributed by atoms with Crippen LogP contribution in [-0.2, 0) is 9.53 Å². The Morgan fingerprint density at radius 1 is 1.23 bits per heavy atom. The average Bonchev–Trinajstić information content (AvgIpc) is 3.31. The highest BCUT2D eigenvalue weighted by molar-refractivity contribution is 7.17. The molecule has 0 aliphatic heterocycles. The number of nitrogens with zero attached hydrogens (tertiary/aromatic N) is 1. The second-order valence-electron chi connectivity index (χ2n) is 5.66. The van der Waals surface area contributed by atoms with Crippen LogP contribution in [0.25, 0.3) is 10.6 Å². The fraction of sp³-hybridized carbons (Fsp3) is 0.211. The molecule has 1 atom stereocenters. The van der Waals surface area contributed by atoms with Gasteiger partial charge in [-0.05, 0) is 23.9 Å². The Hall–Kier alpha value is -2.51. The summed E-state index contributed by atoms with van der Waals surface area (Å²) in [6.45, 7) is 1.82. The molecule has 0 aliphatic carbocycles. The van der Waals surface area contributed by atoms with E-state index < -0.39 is 6.04 Å². The Morgan fingerprint density at radius 3 is 2.65 bits per heavy atom. The largest absolute Gasteiger partial charge is 0.469 e. The quantitative estimate of drug-likeness (QED) is 0.644. The van der Waals surface area contributed by atoms with Gasteiger partial charge in [-0.3, -0.25) is 9.59 Å². The molecular formula is C19H18N2O3S2. The van der Waals surface area contributed by atoms with E-state index in [2.05, 4.69) is 10.3 Å². The Bertz CT molecular complexity index is 889. The van der Waals surface area contributed by atoms with E-state index in [-0.39, 0.29) is 18.3 Å². The Labute approximate surface area is 159 Å². The van der Waals surface area contributed by atoms with Gasteiger partial charge in [0.25, 0.3) is 5.91 Å². The maximum absolute atomic E-state index is 12.8. The normalized spacial score (nSPS) is 11.8. The van der Waals surface area contributed by atoms with Gasteiger partial charge in [0, 0.05) is 10.9 Å². The predicted octanol–water partition coefficient (Wildman–Crippen LogP) is 4.21. The molecule has 1 aromatic carbocycles. The molecule has 0 bridgehead atoms. The number of rotatable bonds is 6. The first-order valence-electron chi connectivity index (χ1n) is 8.01. The Balaban J connectivity index is 1.82. The maximum Gasteiger partial charge on any atom is 0.307 e. The minimum atomic E-state index is -0.456. The molecule has 1 unspecified atom stereocenters. The van der Waals surface area contributed by atoms with Gasteiger partial charge in [0.2, 0.25) is 0 Å². The van der Waals surface area contributed by atoms with Crippen LogP contribution in [0.15, 0.2) is 47.2 Å². The smallest absolute Gasteiger partial charge is 0.307 e. The molecule has 134 valence electrons. The van der Waals surface area contributed by atoms with Crippen molar-refractivity contribution >= 4 is 34.6 Å². The molecule has 0 radical (unpaired) electrons. The molecular weight excluding hydrogens is 368 g/mol. The monoisotopic (exact) mass is 386 g/mol. The number of hydrogen-bond donors (Lipinski definition) is 1. The van der Waals surface area contributed by atoms with Gasteiger partial charge in [-0.2, -0.15) is 11.3 Å². The molecule has 0 spiro atoms. The third kappa shape index (κ3) is 4.17. The van der Waals surface area contributed by atoms with Crippen LogP contribution < -0.4 is 5.32 Å². The fourth-order valence-electron chi connectivity index (χ4n) is 2.53. The summed E-state index contributed by atoms with van der Waals surface area (Å²) in [5.41, 5.74) is 2.54. The number of ether oxygens (including phenoxy) is 1. The highest BCUT2D eigenvalue weighted by atomic mass is 32.1. The maximum atomic E-state index is 12.8. The molecule has 0 saturated carbocycles. The SMILES string of the molecule is COC(=O)CC(NC(=O)c1sc(-c2ccsc2)nc1C)c1ccccc1. The minimum Gasteiger partial charge on any atom is -0.469 e. The summed E-state index contributed by atoms with van der Waals surface area (Å²) < 4.78 is 4.77. The van der Waals surface area contributed by atoms with E-state index in [4.69, 9.17) is 4.74 Å². The summed E-state index contributed by atoms with van der Waals surface area (Å²) in [7, 11) is 1.34. The van der Waals surface area contributed by atoms with E-state index in [9.17, 15) is 9.59 Å². The summed E-state index contributed by atoms with van der Waals surface area (Å²) in [6.07, 6.45) is 0.0709. The number of carbonyl (C=O) groups is 2. The van der Waals surface area contributed by atoms with Gasteiger partial charge in [0.15, 0.2) is 0 Å². The number of aromatic nitrogens is 1. The first-order chi connectivity index (χ1) is 12.6. The number of hydrogen-bond acceptors (Lipinski definition) is 6. The molecule has 3 aromatic rings. The van der Waals surface area contributed by atoms with Crippen molar-refractivity contribution in [1.82, 2.24) is 10.3 Å². The lowest BCUT2D eigenvalue weighted by atomic mass is 10.0. The van der Waals surface area contributed by atoms with E-state index >= 15 is 0 Å². The van der Waals surface area contributed by atoms with Gasteiger partial charge in [-0.1, -0.05) is 30.3 Å². The van der Waals surface area contributed by atoms with Crippen molar-refractivity contribution in [3.63, 3.8) is 0 Å². The van der Waals surface area contributed by atoms with Crippen LogP contribution in [0.3, 0.4) is 0 Å². The van der Waals surface area contributed by atoms with Crippen LogP contribution in [0.1, 0.15) is 33.4 Å². The second-order valence-corrected chi connectivity index (χ2v) is 7.44. The number of carbonyl (C=O) groups excluding carboxylic acids is 2. The van der Waals surface area contributed by atoms with Crippen molar-refractivity contribution < 1.29 is 14.3 Å². The zero-order valence-corrected chi connectivity index (χ0v) is 16.0. The van der Waals surface area contributed by atoms with Gasteiger partial charge >= 0.3 is 5.97 Å². The molecule has 2 heterocycles. The molecule has 26 heavy (non-hydrogen) atoms. The highest BCUT2D eigenvalue weighted by Gasteiger charge is 2.22. The van der Waals surface area contributed by atoms with Crippen LogP contribution in [0.5, 0.6) is 0 Å². The number of methoxy groups -OCH3 is 1. The first kappa shape index (κ1) is 18.3. The van der Waals surface area contributed by atoms with Gasteiger partial charge in [0.1, 0.15) is 9.88 Å². The first-order valence-corrected chi connectivity index (χ1v) is 9.77. The van der Waals surface area contributed by atoms with Crippen molar-refractivity contribution in [2.45, 2.75) is 19.4 Å². The van der Waals surface area contributed by atoms with E-state index in [0.717, 1.165) is 16.1 Å². The summed E-state index contributed by atoms with van der Waals surface area (Å²) in [6, 6.07) is 10.9. The zero-order chi connectivity index (χ0) is 18.5. The molecule has 0 saturated heterocycles. The van der Waals surface area contributed by atoms with Crippen LogP contribution in [-0.4, -0.2) is 24.0 Å². The topological polar surface area (TPSA) is 68.3 Å². The highest BCUT2D eigenvalue weighted by Crippen LogP contribution is 2.30. The zero-order valence-electron chi connectivity index (χ0n) is 14.4. The number of esters is 1. The number of amides is 1. The van der Waals surface area contributed by atoms with Gasteiger partial charge in [-0.15, -0.1) is 11.3 Å². The molecule has 1 amide bonds. The third-order valence-corrected chi connectivity index (χ3v) is 5.77. The number of aryl methyl sites for hydroxylation is 1. The standard InChI is InChI=1S/C19H18N2O3S2/c1-12-17(26-19(20-12)14-8-9-25-11-14)18(23)21-15(10-16(22)24-2)13-6-4-3-5-7-13/h3-9,11,15H,10H2,1-2H3,(H,21,23). The van der Waals surface area contributed by atoms with E-state index in [1.54, 1.807) is 11.3 Å². The second kappa shape index (κ2) is 8.25. The van der Waals surface area contributed by atoms with E-state index in [1.165, 1.54) is 18.4 Å². The average molecular weight is 386 g/mol. The Morgan fingerprint density at radius 2 is 2.00 bits per heavy atom. The van der Waals surface area contributed by atoms with E-state index in [1.807, 2.05) is 54.1 Å². The van der Waals surface area contributed by atoms with Crippen molar-refractivity contribution in [2.75, 3.05) is 7.11 Å². The predicted molar refractivity (Wildman–Crippen MR) is 103 cm³/mol. The number of nitrogens with one attached hydrogen (secondary N) is 1. The van der Waals surface area contributed by atoms with Crippen molar-refractivity contribution in [1.29, 1.82) is 0 Å². The van der Waals surface area contributed by atoms with E-state index in [0.29, 0.717) is 10.6 Å². The summed E-state index contributed by atoms with van der Waals surface area (Å²) in [5, 5.41) is 7.75. The Kier molecular flexibility index (Phi) is 5.80. The van der Waals surface area contributed by atoms with Crippen LogP contribution >= 0.6 is 22.7 Å². The molecule has 1 N–H and O–H groups in total. The molecule has 2 aromatic heterocycles. The lowest BCUT2D eigenvalue weighted by Crippen LogP contribution is -2.30. The van der Waals surface area contributed by atoms with Gasteiger partial charge < -0.3 is 10.1 Å². The van der Waals surface area contributed by atoms with Gasteiger partial charge in [-0.25, -0.2) is 4.98 Å². The van der Waals surface area contributed by atoms with Crippen LogP contribution in [0, 0.1) is 6.92 Å². The molecule has 7 heteroatoms. The molecule has 0 aliphatic rings. The molecule has 5 nitrogen and oxygen atoms in total. The third-order valence-electron chi connectivity index (χ3n) is 3.88. The van der Waals surface area contributed by atoms with Crippen molar-refractivity contribution in [2.24, 2.45) is 0 Å². The lowest BCUT2D eigenvalue weighted by Gasteiger charge is -2.18. The lowest BCUT2D eigenvalue weighted by molar-refractivity contribution is -0.141. The number of benzene rings is 1. The minimum absolute atomic E-state index is 0.0709. The summed E-state index contributed by atoms with van der Waals surface area (Å²) >= 11 is 2.94. The fourth-order valence-corrected chi connectivity index (χ4v) is 4.21. The number of thiophene rings is 1. The van der Waals surface area contributed by atoms with Crippen LogP contribution in [0.4, 0.5) is 0 Å². The number of thiazole rings is 1. The summed E-state index contributed by atoms with van der Waals surface area (Å²) in [4.78, 5) is 29.6. The molecule has 3 rings (SSSR count). The van der Waals surface area contributed by atoms with Gasteiger partial charge in [0.05, 0.1) is 25.3 Å². The summed E-state index contributed by atoms with van der Waals surface area (Å²) in [5.74, 6) is -0.613. The van der Waals surface area contributed by atoms with Crippen molar-refractivity contribution in [3.8, 4) is 10.6 Å².